The van der Waals surface area contributed by atoms with Crippen molar-refractivity contribution in [2.45, 2.75) is 78.6 Å². The summed E-state index contributed by atoms with van der Waals surface area (Å²) in [4.78, 5) is 24.6. The van der Waals surface area contributed by atoms with Crippen molar-refractivity contribution in [3.63, 3.8) is 0 Å². The highest BCUT2D eigenvalue weighted by Gasteiger charge is 2.67. The fourth-order valence-corrected chi connectivity index (χ4v) is 7.75. The van der Waals surface area contributed by atoms with Crippen molar-refractivity contribution in [1.29, 1.82) is 0 Å². The molecule has 4 saturated carbocycles. The van der Waals surface area contributed by atoms with E-state index in [4.69, 9.17) is 0 Å². The van der Waals surface area contributed by atoms with Gasteiger partial charge in [0, 0.05) is 23.2 Å². The number of carboxylic acids is 1. The smallest absolute Gasteiger partial charge is 0.139 e. The average molecular weight is 317 g/mol. The van der Waals surface area contributed by atoms with Crippen molar-refractivity contribution >= 4 is 11.8 Å². The van der Waals surface area contributed by atoms with Crippen LogP contribution in [0.25, 0.3) is 0 Å². The van der Waals surface area contributed by atoms with Gasteiger partial charge in [-0.05, 0) is 67.6 Å². The molecule has 128 valence electrons. The number of hydrogen-bond donors (Lipinski definition) is 0. The Kier molecular flexibility index (Phi) is 3.00. The zero-order chi connectivity index (χ0) is 16.7. The van der Waals surface area contributed by atoms with Gasteiger partial charge in [0.25, 0.3) is 0 Å². The molecule has 3 heteroatoms. The van der Waals surface area contributed by atoms with Gasteiger partial charge in [-0.25, -0.2) is 0 Å². The van der Waals surface area contributed by atoms with Crippen molar-refractivity contribution in [2.24, 2.45) is 33.5 Å². The third-order valence-corrected chi connectivity index (χ3v) is 8.82. The van der Waals surface area contributed by atoms with Crippen LogP contribution < -0.4 is 5.11 Å². The summed E-state index contributed by atoms with van der Waals surface area (Å²) in [6.45, 7) is 6.44. The second-order valence-corrected chi connectivity index (χ2v) is 9.95. The first-order chi connectivity index (χ1) is 10.7. The summed E-state index contributed by atoms with van der Waals surface area (Å²) in [7, 11) is 0. The molecule has 1 spiro atoms. The SMILES string of the molecule is C[C@@]12CC[C@@H]3[C@@](CC[C@@H]4[C@@]3(C)CCC[C@@]4(C)C(=O)[O-])(CC1=O)C2. The number of hydrogen-bond acceptors (Lipinski definition) is 3. The predicted octanol–water partition coefficient (Wildman–Crippen LogP) is 3.11. The molecule has 0 aromatic rings. The molecule has 0 aliphatic heterocycles. The topological polar surface area (TPSA) is 57.2 Å². The van der Waals surface area contributed by atoms with Crippen LogP contribution in [0.15, 0.2) is 0 Å². The van der Waals surface area contributed by atoms with Crippen molar-refractivity contribution in [3.8, 4) is 0 Å². The lowest BCUT2D eigenvalue weighted by Gasteiger charge is -2.64. The lowest BCUT2D eigenvalue weighted by Crippen LogP contribution is -2.60. The summed E-state index contributed by atoms with van der Waals surface area (Å²) >= 11 is 0. The largest absolute Gasteiger partial charge is 0.550 e. The third kappa shape index (κ3) is 1.77. The molecule has 4 fully saturated rings. The van der Waals surface area contributed by atoms with Gasteiger partial charge < -0.3 is 9.90 Å². The predicted molar refractivity (Wildman–Crippen MR) is 85.3 cm³/mol. The molecule has 0 saturated heterocycles. The van der Waals surface area contributed by atoms with E-state index in [-0.39, 0.29) is 22.2 Å². The maximum absolute atomic E-state index is 12.6. The highest BCUT2D eigenvalue weighted by atomic mass is 16.4. The Balaban J connectivity index is 1.76. The molecule has 4 aliphatic carbocycles. The third-order valence-electron chi connectivity index (χ3n) is 8.82. The molecule has 3 nitrogen and oxygen atoms in total. The standard InChI is InChI=1S/C20H30O3/c1-17-9-5-14-18(2)7-4-8-19(3,16(22)23)13(18)6-10-20(14,12-17)11-15(17)21/h13-14H,4-12H2,1-3H3,(H,22,23)/p-1/t13-,14+,17+,18-,19-,20+/m1/s1. The number of aliphatic carboxylic acids is 1. The monoisotopic (exact) mass is 317 g/mol. The fourth-order valence-electron chi connectivity index (χ4n) is 7.75. The molecule has 23 heavy (non-hydrogen) atoms. The first-order valence-electron chi connectivity index (χ1n) is 9.41. The molecule has 6 atom stereocenters. The van der Waals surface area contributed by atoms with Crippen molar-refractivity contribution in [3.05, 3.63) is 0 Å². The minimum atomic E-state index is -0.854. The number of carboxylic acid groups (broad SMARTS) is 1. The number of fused-ring (bicyclic) bond motifs is 3. The molecule has 0 aromatic heterocycles. The van der Waals surface area contributed by atoms with Crippen LogP contribution in [0.3, 0.4) is 0 Å². The minimum Gasteiger partial charge on any atom is -0.550 e. The van der Waals surface area contributed by atoms with Gasteiger partial charge in [-0.1, -0.05) is 27.2 Å². The van der Waals surface area contributed by atoms with Crippen molar-refractivity contribution in [1.82, 2.24) is 0 Å². The highest BCUT2D eigenvalue weighted by molar-refractivity contribution is 5.88. The molecule has 4 aliphatic rings. The lowest BCUT2D eigenvalue weighted by molar-refractivity contribution is -0.328. The molecule has 0 radical (unpaired) electrons. The molecule has 0 aromatic carbocycles. The molecule has 0 N–H and O–H groups in total. The van der Waals surface area contributed by atoms with E-state index in [0.717, 1.165) is 57.8 Å². The molecule has 0 heterocycles. The van der Waals surface area contributed by atoms with Gasteiger partial charge in [0.05, 0.1) is 0 Å². The van der Waals surface area contributed by atoms with Gasteiger partial charge in [-0.3, -0.25) is 4.79 Å². The maximum atomic E-state index is 12.6. The van der Waals surface area contributed by atoms with Gasteiger partial charge in [-0.15, -0.1) is 0 Å². The first kappa shape index (κ1) is 15.7. The van der Waals surface area contributed by atoms with Crippen LogP contribution in [-0.4, -0.2) is 11.8 Å². The summed E-state index contributed by atoms with van der Waals surface area (Å²) in [6.07, 6.45) is 8.77. The molecular weight excluding hydrogens is 288 g/mol. The van der Waals surface area contributed by atoms with Crippen LogP contribution in [-0.2, 0) is 9.59 Å². The number of rotatable bonds is 1. The van der Waals surface area contributed by atoms with Gasteiger partial charge in [-0.2, -0.15) is 0 Å². The first-order valence-corrected chi connectivity index (χ1v) is 9.41. The number of ketones is 1. The zero-order valence-electron chi connectivity index (χ0n) is 14.7. The van der Waals surface area contributed by atoms with Crippen LogP contribution >= 0.6 is 0 Å². The number of Topliss-reactive ketones (excluding diaryl/α,β-unsaturated/α-hetero) is 1. The van der Waals surface area contributed by atoms with E-state index < -0.39 is 11.4 Å². The summed E-state index contributed by atoms with van der Waals surface area (Å²) in [5.74, 6) is 0.352. The van der Waals surface area contributed by atoms with Crippen LogP contribution in [0.5, 0.6) is 0 Å². The van der Waals surface area contributed by atoms with Gasteiger partial charge in [0.1, 0.15) is 5.78 Å². The average Bonchev–Trinajstić information content (AvgIpc) is 2.63. The lowest BCUT2D eigenvalue weighted by atomic mass is 9.40. The Labute approximate surface area is 139 Å². The zero-order valence-corrected chi connectivity index (χ0v) is 14.7. The number of carbonyl (C=O) groups is 2. The molecule has 0 unspecified atom stereocenters. The Morgan fingerprint density at radius 3 is 2.43 bits per heavy atom. The van der Waals surface area contributed by atoms with E-state index in [1.165, 1.54) is 0 Å². The highest BCUT2D eigenvalue weighted by Crippen LogP contribution is 2.72. The normalized spacial score (nSPS) is 55.2. The number of carbonyl (C=O) groups excluding carboxylic acids is 2. The van der Waals surface area contributed by atoms with Crippen molar-refractivity contribution in [2.75, 3.05) is 0 Å². The second-order valence-electron chi connectivity index (χ2n) is 9.95. The van der Waals surface area contributed by atoms with Gasteiger partial charge >= 0.3 is 0 Å². The summed E-state index contributed by atoms with van der Waals surface area (Å²) in [6, 6.07) is 0. The van der Waals surface area contributed by atoms with E-state index in [0.29, 0.717) is 11.7 Å². The minimum absolute atomic E-state index is 0.0667. The summed E-state index contributed by atoms with van der Waals surface area (Å²) < 4.78 is 0. The van der Waals surface area contributed by atoms with E-state index in [9.17, 15) is 14.7 Å². The van der Waals surface area contributed by atoms with Crippen LogP contribution in [0.1, 0.15) is 78.6 Å². The Bertz CT molecular complexity index is 583. The van der Waals surface area contributed by atoms with Crippen LogP contribution in [0.2, 0.25) is 0 Å². The van der Waals surface area contributed by atoms with Gasteiger partial charge in [0.2, 0.25) is 0 Å². The Morgan fingerprint density at radius 1 is 1.04 bits per heavy atom. The summed E-state index contributed by atoms with van der Waals surface area (Å²) in [5, 5.41) is 11.9. The fraction of sp³-hybridized carbons (Fsp3) is 0.900. The quantitative estimate of drug-likeness (QED) is 0.746. The molecule has 2 bridgehead atoms. The van der Waals surface area contributed by atoms with Crippen LogP contribution in [0.4, 0.5) is 0 Å². The van der Waals surface area contributed by atoms with Crippen molar-refractivity contribution < 1.29 is 14.7 Å². The van der Waals surface area contributed by atoms with E-state index in [2.05, 4.69) is 13.8 Å². The van der Waals surface area contributed by atoms with E-state index in [1.54, 1.807) is 0 Å². The molecule has 4 rings (SSSR count). The molecular formula is C20H29O3-. The van der Waals surface area contributed by atoms with Gasteiger partial charge in [0.15, 0.2) is 0 Å². The van der Waals surface area contributed by atoms with E-state index in [1.807, 2.05) is 6.92 Å². The Hall–Kier alpha value is -0.860. The second kappa shape index (κ2) is 4.40. The maximum Gasteiger partial charge on any atom is 0.139 e. The van der Waals surface area contributed by atoms with Crippen LogP contribution in [0, 0.1) is 33.5 Å². The summed E-state index contributed by atoms with van der Waals surface area (Å²) in [5.41, 5.74) is -0.541. The Morgan fingerprint density at radius 2 is 1.74 bits per heavy atom. The molecule has 0 amide bonds. The van der Waals surface area contributed by atoms with E-state index >= 15 is 0 Å².